The van der Waals surface area contributed by atoms with Gasteiger partial charge in [-0.3, -0.25) is 4.79 Å². The van der Waals surface area contributed by atoms with E-state index in [1.165, 1.54) is 32.8 Å². The Labute approximate surface area is 180 Å². The number of hydrogen-bond donors (Lipinski definition) is 1. The smallest absolute Gasteiger partial charge is 0.316 e. The third-order valence-corrected chi connectivity index (χ3v) is 6.01. The number of pyridine rings is 1. The number of rotatable bonds is 8. The van der Waals surface area contributed by atoms with Gasteiger partial charge < -0.3 is 14.8 Å². The van der Waals surface area contributed by atoms with Crippen molar-refractivity contribution in [3.63, 3.8) is 0 Å². The van der Waals surface area contributed by atoms with Gasteiger partial charge in [-0.05, 0) is 55.6 Å². The molecule has 1 aliphatic rings. The van der Waals surface area contributed by atoms with Gasteiger partial charge in [-0.2, -0.15) is 0 Å². The summed E-state index contributed by atoms with van der Waals surface area (Å²) in [6.45, 7) is 2.03. The van der Waals surface area contributed by atoms with E-state index in [1.807, 2.05) is 6.92 Å². The summed E-state index contributed by atoms with van der Waals surface area (Å²) in [7, 11) is 2.82. The van der Waals surface area contributed by atoms with Crippen LogP contribution in [0.4, 0.5) is 8.78 Å². The second kappa shape index (κ2) is 10.5. The number of carbonyl (C=O) groups is 1. The van der Waals surface area contributed by atoms with E-state index >= 15 is 0 Å². The number of halogens is 2. The third-order valence-electron chi connectivity index (χ3n) is 6.01. The summed E-state index contributed by atoms with van der Waals surface area (Å²) >= 11 is 0. The summed E-state index contributed by atoms with van der Waals surface area (Å²) in [5.41, 5.74) is 0.888. The lowest BCUT2D eigenvalue weighted by Gasteiger charge is -2.34. The van der Waals surface area contributed by atoms with Gasteiger partial charge in [-0.1, -0.05) is 6.92 Å². The Morgan fingerprint density at radius 1 is 1.13 bits per heavy atom. The molecule has 0 bridgehead atoms. The molecule has 0 aromatic carbocycles. The molecule has 0 spiro atoms. The van der Waals surface area contributed by atoms with E-state index in [4.69, 9.17) is 9.47 Å². The summed E-state index contributed by atoms with van der Waals surface area (Å²) in [5, 5.41) is 3.08. The number of nitrogens with one attached hydrogen (secondary N) is 1. The van der Waals surface area contributed by atoms with E-state index < -0.39 is 6.43 Å². The predicted molar refractivity (Wildman–Crippen MR) is 111 cm³/mol. The molecule has 0 aliphatic heterocycles. The maximum Gasteiger partial charge on any atom is 0.316 e. The molecule has 1 aliphatic carbocycles. The number of ether oxygens (including phenoxy) is 2. The second-order valence-corrected chi connectivity index (χ2v) is 7.68. The Balaban J connectivity index is 1.64. The zero-order valence-corrected chi connectivity index (χ0v) is 18.0. The summed E-state index contributed by atoms with van der Waals surface area (Å²) in [6.07, 6.45) is 5.78. The van der Waals surface area contributed by atoms with Crippen LogP contribution in [0.3, 0.4) is 0 Å². The van der Waals surface area contributed by atoms with E-state index in [-0.39, 0.29) is 41.2 Å². The van der Waals surface area contributed by atoms with Gasteiger partial charge >= 0.3 is 6.01 Å². The normalized spacial score (nSPS) is 19.7. The first-order valence-electron chi connectivity index (χ1n) is 10.5. The number of hydrogen-bond acceptors (Lipinski definition) is 6. The number of carbonyl (C=O) groups excluding carboxylic acids is 1. The Morgan fingerprint density at radius 2 is 1.81 bits per heavy atom. The highest BCUT2D eigenvalue weighted by Crippen LogP contribution is 2.42. The van der Waals surface area contributed by atoms with Crippen LogP contribution in [0.15, 0.2) is 24.7 Å². The SMILES string of the molecule is CC[C@H](NC(=O)c1cnc(OC)nc1)C1CCC(c2ccnc(OC)c2C(F)F)CC1. The summed E-state index contributed by atoms with van der Waals surface area (Å²) in [6, 6.07) is 1.88. The van der Waals surface area contributed by atoms with Crippen LogP contribution < -0.4 is 14.8 Å². The lowest BCUT2D eigenvalue weighted by atomic mass is 9.74. The van der Waals surface area contributed by atoms with Crippen molar-refractivity contribution in [1.29, 1.82) is 0 Å². The van der Waals surface area contributed by atoms with Crippen LogP contribution in [0.1, 0.15) is 72.9 Å². The minimum Gasteiger partial charge on any atom is -0.481 e. The molecule has 1 amide bonds. The highest BCUT2D eigenvalue weighted by molar-refractivity contribution is 5.93. The van der Waals surface area contributed by atoms with E-state index in [9.17, 15) is 13.6 Å². The van der Waals surface area contributed by atoms with Crippen molar-refractivity contribution in [2.75, 3.05) is 14.2 Å². The molecule has 168 valence electrons. The van der Waals surface area contributed by atoms with E-state index in [2.05, 4.69) is 20.3 Å². The fourth-order valence-corrected chi connectivity index (χ4v) is 4.38. The molecule has 1 fully saturated rings. The number of alkyl halides is 2. The van der Waals surface area contributed by atoms with Crippen molar-refractivity contribution in [3.05, 3.63) is 41.3 Å². The van der Waals surface area contributed by atoms with Crippen LogP contribution in [0.5, 0.6) is 11.9 Å². The van der Waals surface area contributed by atoms with Gasteiger partial charge in [0.25, 0.3) is 12.3 Å². The first kappa shape index (κ1) is 22.8. The van der Waals surface area contributed by atoms with Crippen LogP contribution in [-0.4, -0.2) is 41.1 Å². The van der Waals surface area contributed by atoms with Crippen LogP contribution in [-0.2, 0) is 0 Å². The van der Waals surface area contributed by atoms with Crippen LogP contribution in [0.2, 0.25) is 0 Å². The first-order valence-corrected chi connectivity index (χ1v) is 10.5. The Bertz CT molecular complexity index is 872. The third kappa shape index (κ3) is 5.26. The molecule has 2 aromatic rings. The maximum absolute atomic E-state index is 13.7. The van der Waals surface area contributed by atoms with Gasteiger partial charge in [-0.25, -0.2) is 23.7 Å². The maximum atomic E-state index is 13.7. The number of methoxy groups -OCH3 is 2. The highest BCUT2D eigenvalue weighted by atomic mass is 19.3. The van der Waals surface area contributed by atoms with Crippen molar-refractivity contribution in [1.82, 2.24) is 20.3 Å². The molecular weight excluding hydrogens is 406 g/mol. The Morgan fingerprint density at radius 3 is 2.35 bits per heavy atom. The molecule has 1 N–H and O–H groups in total. The van der Waals surface area contributed by atoms with Crippen molar-refractivity contribution >= 4 is 5.91 Å². The predicted octanol–water partition coefficient (Wildman–Crippen LogP) is 4.31. The van der Waals surface area contributed by atoms with Crippen LogP contribution in [0, 0.1) is 5.92 Å². The van der Waals surface area contributed by atoms with Gasteiger partial charge in [0.1, 0.15) is 0 Å². The Kier molecular flexibility index (Phi) is 7.70. The van der Waals surface area contributed by atoms with Gasteiger partial charge in [0, 0.05) is 24.6 Å². The summed E-state index contributed by atoms with van der Waals surface area (Å²) in [4.78, 5) is 24.5. The summed E-state index contributed by atoms with van der Waals surface area (Å²) in [5.74, 6) is 0.0777. The van der Waals surface area contributed by atoms with Crippen molar-refractivity contribution < 1.29 is 23.0 Å². The largest absolute Gasteiger partial charge is 0.481 e. The van der Waals surface area contributed by atoms with Crippen LogP contribution in [0.25, 0.3) is 0 Å². The van der Waals surface area contributed by atoms with Crippen molar-refractivity contribution in [3.8, 4) is 11.9 Å². The number of nitrogens with zero attached hydrogens (tertiary/aromatic N) is 3. The van der Waals surface area contributed by atoms with Crippen molar-refractivity contribution in [2.24, 2.45) is 5.92 Å². The monoisotopic (exact) mass is 434 g/mol. The quantitative estimate of drug-likeness (QED) is 0.666. The lowest BCUT2D eigenvalue weighted by molar-refractivity contribution is 0.0907. The molecule has 2 heterocycles. The number of amides is 1. The second-order valence-electron chi connectivity index (χ2n) is 7.68. The standard InChI is InChI=1S/C22H28F2N4O3/c1-4-17(28-20(29)15-11-26-22(31-3)27-12-15)14-7-5-13(6-8-14)16-9-10-25-21(30-2)18(16)19(23)24/h9-14,17,19H,4-8H2,1-3H3,(H,28,29)/t13?,14?,17-/m0/s1. The molecule has 31 heavy (non-hydrogen) atoms. The molecule has 9 heteroatoms. The first-order chi connectivity index (χ1) is 15.0. The average molecular weight is 434 g/mol. The average Bonchev–Trinajstić information content (AvgIpc) is 2.81. The zero-order chi connectivity index (χ0) is 22.4. The molecule has 0 unspecified atom stereocenters. The molecule has 0 radical (unpaired) electrons. The van der Waals surface area contributed by atoms with Crippen molar-refractivity contribution in [2.45, 2.75) is 57.4 Å². The fraction of sp³-hybridized carbons (Fsp3) is 0.545. The molecule has 1 atom stereocenters. The van der Waals surface area contributed by atoms with Gasteiger partial charge in [0.2, 0.25) is 5.88 Å². The number of aromatic nitrogens is 3. The Hall–Kier alpha value is -2.84. The van der Waals surface area contributed by atoms with E-state index in [1.54, 1.807) is 6.07 Å². The lowest BCUT2D eigenvalue weighted by Crippen LogP contribution is -2.41. The molecule has 0 saturated heterocycles. The minimum atomic E-state index is -2.63. The van der Waals surface area contributed by atoms with Crippen LogP contribution >= 0.6 is 0 Å². The molecule has 1 saturated carbocycles. The molecule has 3 rings (SSSR count). The fourth-order valence-electron chi connectivity index (χ4n) is 4.38. The summed E-state index contributed by atoms with van der Waals surface area (Å²) < 4.78 is 37.3. The molecule has 2 aromatic heterocycles. The van der Waals surface area contributed by atoms with Gasteiger partial charge in [-0.15, -0.1) is 0 Å². The minimum absolute atomic E-state index is 0.00269. The van der Waals surface area contributed by atoms with E-state index in [0.717, 1.165) is 32.1 Å². The van der Waals surface area contributed by atoms with Gasteiger partial charge in [0.05, 0.1) is 25.3 Å². The zero-order valence-electron chi connectivity index (χ0n) is 18.0. The topological polar surface area (TPSA) is 86.2 Å². The molecule has 7 nitrogen and oxygen atoms in total. The molecular formula is C22H28F2N4O3. The van der Waals surface area contributed by atoms with E-state index in [0.29, 0.717) is 11.1 Å². The highest BCUT2D eigenvalue weighted by Gasteiger charge is 2.32. The van der Waals surface area contributed by atoms with Gasteiger partial charge in [0.15, 0.2) is 0 Å².